The molecule has 3 nitrogen and oxygen atoms in total. The molecule has 0 saturated carbocycles. The van der Waals surface area contributed by atoms with Gasteiger partial charge in [-0.1, -0.05) is 98.9 Å². The van der Waals surface area contributed by atoms with Crippen LogP contribution in [0.15, 0.2) is 66.6 Å². The van der Waals surface area contributed by atoms with Crippen LogP contribution >= 0.6 is 11.3 Å². The fourth-order valence-corrected chi connectivity index (χ4v) is 7.66. The quantitative estimate of drug-likeness (QED) is 0.110. The van der Waals surface area contributed by atoms with E-state index in [-0.39, 0.29) is 47.9 Å². The Labute approximate surface area is 292 Å². The minimum Gasteiger partial charge on any atom is -0.512 e. The first-order chi connectivity index (χ1) is 20.8. The molecular weight excluding hydrogens is 763 g/mol. The molecule has 0 aliphatic heterocycles. The predicted octanol–water partition coefficient (Wildman–Crippen LogP) is 11.8. The number of carbonyl (C=O) groups excluding carboxylic acids is 1. The second-order valence-electron chi connectivity index (χ2n) is 16.1. The van der Waals surface area contributed by atoms with Crippen molar-refractivity contribution < 1.29 is 30.0 Å². The van der Waals surface area contributed by atoms with Crippen LogP contribution in [0.25, 0.3) is 42.2 Å². The average molecular weight is 811 g/mol. The van der Waals surface area contributed by atoms with E-state index in [0.717, 1.165) is 11.3 Å². The molecule has 0 fully saturated rings. The number of aliphatic hydroxyl groups excluding tert-OH is 1. The van der Waals surface area contributed by atoms with Crippen molar-refractivity contribution in [2.45, 2.75) is 99.8 Å². The Morgan fingerprint density at radius 3 is 2.20 bits per heavy atom. The van der Waals surface area contributed by atoms with E-state index in [2.05, 4.69) is 89.2 Å². The van der Waals surface area contributed by atoms with E-state index in [1.807, 2.05) is 59.1 Å². The zero-order valence-corrected chi connectivity index (χ0v) is 32.4. The molecule has 5 heteroatoms. The number of rotatable bonds is 2. The molecule has 3 aromatic carbocycles. The number of aliphatic hydroxyl groups is 1. The largest absolute Gasteiger partial charge is 0.512 e. The van der Waals surface area contributed by atoms with E-state index < -0.39 is 5.41 Å². The van der Waals surface area contributed by atoms with Crippen LogP contribution in [0.4, 0.5) is 0 Å². The number of nitrogens with zero attached hydrogens (tertiary/aromatic N) is 1. The summed E-state index contributed by atoms with van der Waals surface area (Å²) < 4.78 is 2.66. The van der Waals surface area contributed by atoms with Gasteiger partial charge in [0.1, 0.15) is 5.76 Å². The van der Waals surface area contributed by atoms with Gasteiger partial charge >= 0.3 is 0 Å². The van der Waals surface area contributed by atoms with Crippen molar-refractivity contribution >= 4 is 48.1 Å². The number of hydrogen-bond donors (Lipinski definition) is 1. The molecule has 1 aliphatic carbocycles. The van der Waals surface area contributed by atoms with Gasteiger partial charge < -0.3 is 10.1 Å². The third-order valence-corrected chi connectivity index (χ3v) is 10.6. The number of fused-ring (bicyclic) bond motifs is 5. The number of pyridine rings is 1. The fraction of sp³-hybridized carbons (Fsp3) is 0.415. The van der Waals surface area contributed by atoms with Gasteiger partial charge in [-0.15, -0.1) is 40.5 Å². The Hall–Kier alpha value is -2.85. The maximum absolute atomic E-state index is 11.5. The number of hydrogen-bond acceptors (Lipinski definition) is 4. The monoisotopic (exact) mass is 811 g/mol. The van der Waals surface area contributed by atoms with E-state index in [1.165, 1.54) is 61.0 Å². The molecule has 0 amide bonds. The number of ketones is 1. The summed E-state index contributed by atoms with van der Waals surface area (Å²) in [6, 6.07) is 21.0. The molecule has 0 spiro atoms. The van der Waals surface area contributed by atoms with Gasteiger partial charge in [0, 0.05) is 63.7 Å². The number of benzene rings is 3. The van der Waals surface area contributed by atoms with Gasteiger partial charge in [-0.2, -0.15) is 0 Å². The molecule has 2 heterocycles. The summed E-state index contributed by atoms with van der Waals surface area (Å²) >= 11 is 1.89. The average Bonchev–Trinajstić information content (AvgIpc) is 3.34. The molecule has 6 rings (SSSR count). The smallest absolute Gasteiger partial charge is 0.164 e. The molecule has 0 bridgehead atoms. The molecule has 245 valence electrons. The van der Waals surface area contributed by atoms with E-state index >= 15 is 0 Å². The van der Waals surface area contributed by atoms with Crippen LogP contribution in [0.3, 0.4) is 0 Å². The van der Waals surface area contributed by atoms with Gasteiger partial charge in [0.2, 0.25) is 0 Å². The van der Waals surface area contributed by atoms with Gasteiger partial charge in [0.05, 0.1) is 0 Å². The van der Waals surface area contributed by atoms with Crippen LogP contribution in [0.5, 0.6) is 0 Å². The molecule has 2 aromatic heterocycles. The minimum atomic E-state index is -0.417. The molecule has 1 N–H and O–H groups in total. The Bertz CT molecular complexity index is 1960. The number of thiophene rings is 1. The Balaban J connectivity index is 0.000000295. The van der Waals surface area contributed by atoms with Gasteiger partial charge in [-0.25, -0.2) is 0 Å². The van der Waals surface area contributed by atoms with E-state index in [1.54, 1.807) is 5.56 Å². The topological polar surface area (TPSA) is 50.2 Å². The number of aromatic nitrogens is 1. The third kappa shape index (κ3) is 6.89. The van der Waals surface area contributed by atoms with Crippen LogP contribution in [-0.2, 0) is 35.7 Å². The summed E-state index contributed by atoms with van der Waals surface area (Å²) in [5.41, 5.74) is 6.34. The van der Waals surface area contributed by atoms with Crippen molar-refractivity contribution in [3.63, 3.8) is 0 Å². The molecule has 1 aliphatic rings. The number of carbonyl (C=O) groups is 1. The van der Waals surface area contributed by atoms with Crippen LogP contribution in [-0.4, -0.2) is 15.9 Å². The second-order valence-corrected chi connectivity index (χ2v) is 17.1. The molecule has 0 atom stereocenters. The van der Waals surface area contributed by atoms with Gasteiger partial charge in [-0.3, -0.25) is 4.79 Å². The van der Waals surface area contributed by atoms with Crippen molar-refractivity contribution in [1.29, 1.82) is 0 Å². The molecule has 0 unspecified atom stereocenters. The first-order valence-corrected chi connectivity index (χ1v) is 16.9. The molecule has 1 radical (unpaired) electrons. The Morgan fingerprint density at radius 2 is 1.57 bits per heavy atom. The van der Waals surface area contributed by atoms with Crippen molar-refractivity contribution in [3.05, 3.63) is 89.3 Å². The maximum atomic E-state index is 11.5. The van der Waals surface area contributed by atoms with Crippen LogP contribution in [0, 0.1) is 23.8 Å². The Kier molecular flexibility index (Phi) is 9.89. The van der Waals surface area contributed by atoms with Crippen molar-refractivity contribution in [3.8, 4) is 11.3 Å². The molecule has 5 aromatic rings. The maximum Gasteiger partial charge on any atom is 0.164 e. The first-order valence-electron chi connectivity index (χ1n) is 16.0. The van der Waals surface area contributed by atoms with Crippen LogP contribution < -0.4 is 0 Å². The zero-order valence-electron chi connectivity index (χ0n) is 29.2. The molecular formula is C41H48IrNO2S-. The number of allylic oxidation sites excluding steroid dienone is 2. The van der Waals surface area contributed by atoms with Crippen molar-refractivity contribution in [1.82, 2.24) is 4.98 Å². The normalized spacial score (nSPS) is 16.0. The molecule has 0 saturated heterocycles. The Morgan fingerprint density at radius 1 is 0.935 bits per heavy atom. The standard InChI is InChI=1S/C30H28NS.C11H20O2.Ir/c1-18-25-22-12-15-31-27(21-11-10-19-8-6-7-9-20(19)16-21)28(22)32-24(25)17-23-26(18)30(4,5)14-13-29(23,2)3;1-10(2,3)8(12)7-9(13)11(4,5)6;/h6-10,12,15-17H,13-14H2,1-5H3;7,12H,1-6H3;/q-1;;/b;8-7-;. The summed E-state index contributed by atoms with van der Waals surface area (Å²) in [4.78, 5) is 16.3. The van der Waals surface area contributed by atoms with Gasteiger partial charge in [0.25, 0.3) is 0 Å². The molecule has 46 heavy (non-hydrogen) atoms. The van der Waals surface area contributed by atoms with Crippen LogP contribution in [0.1, 0.15) is 98.8 Å². The fourth-order valence-electron chi connectivity index (χ4n) is 6.36. The summed E-state index contributed by atoms with van der Waals surface area (Å²) in [6.07, 6.45) is 5.78. The SMILES string of the molecule is CC(C)(C)C(=O)/C=C(\O)C(C)(C)C.Cc1c2c(cc3sc4c(-c5[c-]cc6ccccc6c5)nccc4c13)C(C)(C)CCC2(C)C.[Ir]. The minimum absolute atomic E-state index is 0. The zero-order chi connectivity index (χ0) is 33.1. The third-order valence-electron chi connectivity index (χ3n) is 9.42. The number of aryl methyl sites for hydroxylation is 1. The second kappa shape index (κ2) is 12.6. The van der Waals surface area contributed by atoms with Gasteiger partial charge in [0.15, 0.2) is 5.78 Å². The van der Waals surface area contributed by atoms with Crippen molar-refractivity contribution in [2.24, 2.45) is 10.8 Å². The van der Waals surface area contributed by atoms with E-state index in [0.29, 0.717) is 0 Å². The van der Waals surface area contributed by atoms with Gasteiger partial charge in [-0.05, 0) is 64.8 Å². The first kappa shape index (κ1) is 36.0. The summed E-state index contributed by atoms with van der Waals surface area (Å²) in [5.74, 6) is 0.104. The predicted molar refractivity (Wildman–Crippen MR) is 194 cm³/mol. The van der Waals surface area contributed by atoms with E-state index in [9.17, 15) is 9.90 Å². The summed E-state index contributed by atoms with van der Waals surface area (Å²) in [6.45, 7) is 23.1. The summed E-state index contributed by atoms with van der Waals surface area (Å²) in [7, 11) is 0. The van der Waals surface area contributed by atoms with Crippen molar-refractivity contribution in [2.75, 3.05) is 0 Å². The van der Waals surface area contributed by atoms with E-state index in [4.69, 9.17) is 4.98 Å². The van der Waals surface area contributed by atoms with Crippen LogP contribution in [0.2, 0.25) is 0 Å². The summed E-state index contributed by atoms with van der Waals surface area (Å²) in [5, 5.41) is 14.8.